The van der Waals surface area contributed by atoms with Gasteiger partial charge in [0.25, 0.3) is 0 Å². The lowest BCUT2D eigenvalue weighted by molar-refractivity contribution is -0.170. The van der Waals surface area contributed by atoms with Gasteiger partial charge in [-0.2, -0.15) is 18.3 Å². The van der Waals surface area contributed by atoms with E-state index in [2.05, 4.69) is 15.4 Å². The van der Waals surface area contributed by atoms with E-state index >= 15 is 0 Å². The molecular formula is C23H25F3N6O3. The van der Waals surface area contributed by atoms with E-state index in [1.54, 1.807) is 29.2 Å². The maximum atomic E-state index is 12.8. The first-order valence-corrected chi connectivity index (χ1v) is 11.4. The molecule has 0 saturated carbocycles. The molecular weight excluding hydrogens is 465 g/mol. The zero-order valence-electron chi connectivity index (χ0n) is 18.9. The highest BCUT2D eigenvalue weighted by molar-refractivity contribution is 5.77. The van der Waals surface area contributed by atoms with Crippen molar-refractivity contribution in [2.45, 2.75) is 43.4 Å². The molecule has 0 aliphatic carbocycles. The molecule has 1 aromatic carbocycles. The van der Waals surface area contributed by atoms with Gasteiger partial charge >= 0.3 is 6.18 Å². The number of ether oxygens (including phenoxy) is 1. The Hall–Kier alpha value is -3.09. The third kappa shape index (κ3) is 3.76. The minimum Gasteiger partial charge on any atom is -0.484 e. The zero-order chi connectivity index (χ0) is 24.5. The third-order valence-corrected chi connectivity index (χ3v) is 7.14. The maximum Gasteiger partial charge on any atom is 0.401 e. The number of fused-ring (bicyclic) bond motifs is 3. The van der Waals surface area contributed by atoms with E-state index in [9.17, 15) is 23.4 Å². The molecule has 9 nitrogen and oxygen atoms in total. The van der Waals surface area contributed by atoms with Crippen molar-refractivity contribution in [1.82, 2.24) is 19.5 Å². The second-order valence-corrected chi connectivity index (χ2v) is 9.73. The standard InChI is InChI=1S/C23H25F3N6O3/c1-22(12-33)7-13-5-15(29-21(34)14-8-28-32-4-2-3-27-20(14)32)16(6-19(13)35-22)31-10-17-18(31)9-30(17)11-23(24,25)26/h2-6,8,17-18,21,29,33-34H,7,9-12H2,1H3/t17?,18-,21?,22+/m1/s1. The normalized spacial score (nSPS) is 26.5. The average molecular weight is 490 g/mol. The Morgan fingerprint density at radius 1 is 1.29 bits per heavy atom. The van der Waals surface area contributed by atoms with E-state index in [1.807, 2.05) is 24.0 Å². The maximum absolute atomic E-state index is 12.8. The van der Waals surface area contributed by atoms with Gasteiger partial charge in [0.1, 0.15) is 11.4 Å². The topological polar surface area (TPSA) is 98.4 Å². The van der Waals surface area contributed by atoms with Gasteiger partial charge in [-0.1, -0.05) is 0 Å². The van der Waals surface area contributed by atoms with Gasteiger partial charge in [0.05, 0.1) is 42.3 Å². The van der Waals surface area contributed by atoms with Crippen molar-refractivity contribution >= 4 is 17.0 Å². The Labute approximate surface area is 198 Å². The van der Waals surface area contributed by atoms with Crippen molar-refractivity contribution in [2.24, 2.45) is 0 Å². The minimum atomic E-state index is -4.22. The Balaban J connectivity index is 1.29. The highest BCUT2D eigenvalue weighted by Crippen LogP contribution is 2.47. The van der Waals surface area contributed by atoms with E-state index in [-0.39, 0.29) is 18.7 Å². The fourth-order valence-corrected chi connectivity index (χ4v) is 5.29. The Morgan fingerprint density at radius 3 is 2.83 bits per heavy atom. The predicted molar refractivity (Wildman–Crippen MR) is 120 cm³/mol. The van der Waals surface area contributed by atoms with Gasteiger partial charge in [0.2, 0.25) is 0 Å². The lowest BCUT2D eigenvalue weighted by Crippen LogP contribution is -2.79. The number of rotatable bonds is 6. The molecule has 3 aliphatic rings. The van der Waals surface area contributed by atoms with Crippen molar-refractivity contribution in [3.63, 3.8) is 0 Å². The molecule has 2 fully saturated rings. The number of nitrogens with zero attached hydrogens (tertiary/aromatic N) is 5. The fourth-order valence-electron chi connectivity index (χ4n) is 5.29. The zero-order valence-corrected chi connectivity index (χ0v) is 18.9. The molecule has 3 aromatic rings. The van der Waals surface area contributed by atoms with E-state index in [1.165, 1.54) is 4.90 Å². The highest BCUT2D eigenvalue weighted by Gasteiger charge is 2.54. The van der Waals surface area contributed by atoms with Crippen LogP contribution in [0.1, 0.15) is 24.3 Å². The van der Waals surface area contributed by atoms with Gasteiger partial charge in [-0.25, -0.2) is 9.50 Å². The molecule has 0 radical (unpaired) electrons. The second kappa shape index (κ2) is 7.70. The SMILES string of the molecule is C[C@@]1(CO)Cc2cc(NC(O)c3cnn4cccnc34)c(N3CC4[C@H]3CN4CC(F)(F)F)cc2O1. The number of aliphatic hydroxyl groups is 2. The van der Waals surface area contributed by atoms with Crippen LogP contribution >= 0.6 is 0 Å². The molecule has 0 spiro atoms. The summed E-state index contributed by atoms with van der Waals surface area (Å²) in [5.74, 6) is 0.629. The summed E-state index contributed by atoms with van der Waals surface area (Å²) in [6, 6.07) is 5.27. The smallest absolute Gasteiger partial charge is 0.401 e. The largest absolute Gasteiger partial charge is 0.484 e. The molecule has 3 aliphatic heterocycles. The van der Waals surface area contributed by atoms with Crippen molar-refractivity contribution in [3.8, 4) is 5.75 Å². The van der Waals surface area contributed by atoms with Crippen molar-refractivity contribution in [3.05, 3.63) is 47.9 Å². The molecule has 0 bridgehead atoms. The number of hydrogen-bond acceptors (Lipinski definition) is 8. The summed E-state index contributed by atoms with van der Waals surface area (Å²) < 4.78 is 46.1. The molecule has 5 heterocycles. The third-order valence-electron chi connectivity index (χ3n) is 7.14. The summed E-state index contributed by atoms with van der Waals surface area (Å²) >= 11 is 0. The van der Waals surface area contributed by atoms with Gasteiger partial charge in [-0.15, -0.1) is 0 Å². The van der Waals surface area contributed by atoms with Crippen molar-refractivity contribution in [2.75, 3.05) is 36.5 Å². The summed E-state index contributed by atoms with van der Waals surface area (Å²) in [5.41, 5.74) is 2.50. The molecule has 3 N–H and O–H groups in total. The van der Waals surface area contributed by atoms with Crippen LogP contribution in [0.4, 0.5) is 24.5 Å². The summed E-state index contributed by atoms with van der Waals surface area (Å²) in [6.45, 7) is 1.52. The van der Waals surface area contributed by atoms with Crippen LogP contribution in [0.15, 0.2) is 36.8 Å². The van der Waals surface area contributed by atoms with E-state index in [4.69, 9.17) is 4.74 Å². The Kier molecular flexibility index (Phi) is 4.93. The van der Waals surface area contributed by atoms with Crippen molar-refractivity contribution in [1.29, 1.82) is 0 Å². The lowest BCUT2D eigenvalue weighted by atomic mass is 9.84. The molecule has 0 amide bonds. The van der Waals surface area contributed by atoms with Crippen LogP contribution in [0.3, 0.4) is 0 Å². The Bertz CT molecular complexity index is 1280. The number of hydrogen-bond donors (Lipinski definition) is 3. The number of nitrogens with one attached hydrogen (secondary N) is 1. The van der Waals surface area contributed by atoms with Gasteiger partial charge in [0, 0.05) is 49.6 Å². The predicted octanol–water partition coefficient (Wildman–Crippen LogP) is 1.95. The minimum absolute atomic E-state index is 0.0441. The first-order chi connectivity index (χ1) is 16.6. The van der Waals surface area contributed by atoms with Crippen molar-refractivity contribution < 1.29 is 28.1 Å². The van der Waals surface area contributed by atoms with Crippen LogP contribution in [-0.2, 0) is 6.42 Å². The summed E-state index contributed by atoms with van der Waals surface area (Å²) in [5, 5.41) is 28.2. The molecule has 2 aromatic heterocycles. The van der Waals surface area contributed by atoms with Crippen LogP contribution in [0.25, 0.3) is 5.65 Å². The van der Waals surface area contributed by atoms with Crippen LogP contribution in [-0.4, -0.2) is 79.8 Å². The van der Waals surface area contributed by atoms with E-state index in [0.29, 0.717) is 42.2 Å². The number of halogens is 3. The van der Waals surface area contributed by atoms with E-state index < -0.39 is 24.6 Å². The average Bonchev–Trinajstić information content (AvgIpc) is 3.36. The van der Waals surface area contributed by atoms with E-state index in [0.717, 1.165) is 11.3 Å². The van der Waals surface area contributed by atoms with Gasteiger partial charge in [0.15, 0.2) is 11.9 Å². The number of aromatic nitrogens is 3. The summed E-state index contributed by atoms with van der Waals surface area (Å²) in [6.07, 6.45) is 0.0417. The first-order valence-electron chi connectivity index (χ1n) is 11.4. The van der Waals surface area contributed by atoms with Gasteiger partial charge in [-0.05, 0) is 19.1 Å². The molecule has 186 valence electrons. The van der Waals surface area contributed by atoms with Crippen LogP contribution < -0.4 is 15.0 Å². The number of aliphatic hydroxyl groups excluding tert-OH is 2. The lowest BCUT2D eigenvalue weighted by Gasteiger charge is -2.63. The number of likely N-dealkylation sites (tertiary alicyclic amines) is 1. The van der Waals surface area contributed by atoms with Gasteiger partial charge < -0.3 is 25.2 Å². The monoisotopic (exact) mass is 490 g/mol. The number of piperazine rings is 1. The molecule has 4 atom stereocenters. The van der Waals surface area contributed by atoms with Crippen LogP contribution in [0, 0.1) is 0 Å². The fraction of sp³-hybridized carbons (Fsp3) is 0.478. The Morgan fingerprint density at radius 2 is 2.11 bits per heavy atom. The summed E-state index contributed by atoms with van der Waals surface area (Å²) in [7, 11) is 0. The first kappa shape index (κ1) is 22.4. The molecule has 2 unspecified atom stereocenters. The van der Waals surface area contributed by atoms with Crippen LogP contribution in [0.2, 0.25) is 0 Å². The quantitative estimate of drug-likeness (QED) is 0.451. The number of anilines is 2. The molecule has 35 heavy (non-hydrogen) atoms. The number of benzene rings is 1. The van der Waals surface area contributed by atoms with Gasteiger partial charge in [-0.3, -0.25) is 4.90 Å². The second-order valence-electron chi connectivity index (χ2n) is 9.73. The van der Waals surface area contributed by atoms with Crippen LogP contribution in [0.5, 0.6) is 5.75 Å². The summed E-state index contributed by atoms with van der Waals surface area (Å²) in [4.78, 5) is 7.78. The molecule has 6 rings (SSSR count). The molecule has 12 heteroatoms. The number of alkyl halides is 3. The highest BCUT2D eigenvalue weighted by atomic mass is 19.4. The molecule has 2 saturated heterocycles.